The standard InChI is InChI=1S/C20H15BrClNO2S/c21-15-8-4-5-9-19(15)26-20-11-18(16(22)10-17(20)23-13-24)25-12-14-6-2-1-3-7-14/h1-11,13H,12H2,(H,23,24). The molecule has 0 fully saturated rings. The number of carbonyl (C=O) groups excluding carboxylic acids is 1. The van der Waals surface area contributed by atoms with Crippen LogP contribution in [0.2, 0.25) is 5.02 Å². The highest BCUT2D eigenvalue weighted by Gasteiger charge is 2.13. The van der Waals surface area contributed by atoms with Crippen molar-refractivity contribution in [1.82, 2.24) is 0 Å². The third-order valence-electron chi connectivity index (χ3n) is 3.54. The molecule has 0 aliphatic carbocycles. The minimum Gasteiger partial charge on any atom is -0.487 e. The Morgan fingerprint density at radius 1 is 1.04 bits per heavy atom. The molecule has 0 atom stereocenters. The maximum atomic E-state index is 10.9. The quantitative estimate of drug-likeness (QED) is 0.425. The maximum Gasteiger partial charge on any atom is 0.211 e. The highest BCUT2D eigenvalue weighted by atomic mass is 79.9. The Labute approximate surface area is 169 Å². The van der Waals surface area contributed by atoms with Crippen molar-refractivity contribution >= 4 is 51.4 Å². The van der Waals surface area contributed by atoms with Crippen LogP contribution in [0, 0.1) is 0 Å². The molecule has 0 bridgehead atoms. The number of amides is 1. The van der Waals surface area contributed by atoms with Crippen molar-refractivity contribution < 1.29 is 9.53 Å². The summed E-state index contributed by atoms with van der Waals surface area (Å²) in [6.45, 7) is 0.417. The van der Waals surface area contributed by atoms with Crippen molar-refractivity contribution in [3.05, 3.63) is 81.8 Å². The molecule has 0 saturated heterocycles. The van der Waals surface area contributed by atoms with E-state index in [0.717, 1.165) is 19.8 Å². The molecule has 26 heavy (non-hydrogen) atoms. The predicted molar refractivity (Wildman–Crippen MR) is 110 cm³/mol. The van der Waals surface area contributed by atoms with Crippen LogP contribution in [0.25, 0.3) is 0 Å². The summed E-state index contributed by atoms with van der Waals surface area (Å²) in [5.74, 6) is 0.571. The second-order valence-corrected chi connectivity index (χ2v) is 7.69. The van der Waals surface area contributed by atoms with E-state index in [9.17, 15) is 4.79 Å². The minimum absolute atomic E-state index is 0.417. The number of anilines is 1. The van der Waals surface area contributed by atoms with Crippen molar-refractivity contribution in [3.63, 3.8) is 0 Å². The minimum atomic E-state index is 0.417. The molecule has 6 heteroatoms. The Hall–Kier alpha value is -1.95. The van der Waals surface area contributed by atoms with Crippen LogP contribution in [-0.2, 0) is 11.4 Å². The van der Waals surface area contributed by atoms with E-state index in [4.69, 9.17) is 16.3 Å². The second-order valence-electron chi connectivity index (χ2n) is 5.35. The highest BCUT2D eigenvalue weighted by molar-refractivity contribution is 9.10. The van der Waals surface area contributed by atoms with Gasteiger partial charge in [0.25, 0.3) is 0 Å². The van der Waals surface area contributed by atoms with E-state index >= 15 is 0 Å². The first-order valence-electron chi connectivity index (χ1n) is 7.80. The molecule has 3 nitrogen and oxygen atoms in total. The highest BCUT2D eigenvalue weighted by Crippen LogP contribution is 2.42. The SMILES string of the molecule is O=CNc1cc(Cl)c(OCc2ccccc2)cc1Sc1ccccc1Br. The van der Waals surface area contributed by atoms with E-state index in [0.29, 0.717) is 29.5 Å². The van der Waals surface area contributed by atoms with Crippen LogP contribution in [0.4, 0.5) is 5.69 Å². The van der Waals surface area contributed by atoms with Crippen molar-refractivity contribution in [2.45, 2.75) is 16.4 Å². The number of nitrogens with one attached hydrogen (secondary N) is 1. The molecular weight excluding hydrogens is 434 g/mol. The summed E-state index contributed by atoms with van der Waals surface area (Å²) in [6, 6.07) is 21.3. The van der Waals surface area contributed by atoms with Crippen molar-refractivity contribution in [2.24, 2.45) is 0 Å². The second kappa shape index (κ2) is 9.12. The zero-order chi connectivity index (χ0) is 18.4. The molecule has 0 heterocycles. The number of carbonyl (C=O) groups is 1. The molecular formula is C20H15BrClNO2S. The Bertz CT molecular complexity index is 906. The van der Waals surface area contributed by atoms with Crippen LogP contribution in [-0.4, -0.2) is 6.41 Å². The van der Waals surface area contributed by atoms with Gasteiger partial charge in [-0.05, 0) is 45.8 Å². The average Bonchev–Trinajstić information content (AvgIpc) is 2.65. The fraction of sp³-hybridized carbons (Fsp3) is 0.0500. The smallest absolute Gasteiger partial charge is 0.211 e. The number of hydrogen-bond acceptors (Lipinski definition) is 3. The number of halogens is 2. The molecule has 3 rings (SSSR count). The van der Waals surface area contributed by atoms with Gasteiger partial charge in [0.2, 0.25) is 6.41 Å². The lowest BCUT2D eigenvalue weighted by atomic mass is 10.2. The van der Waals surface area contributed by atoms with Gasteiger partial charge in [0, 0.05) is 14.3 Å². The van der Waals surface area contributed by atoms with E-state index in [-0.39, 0.29) is 0 Å². The third kappa shape index (κ3) is 4.81. The molecule has 3 aromatic rings. The van der Waals surface area contributed by atoms with Crippen molar-refractivity contribution in [1.29, 1.82) is 0 Å². The van der Waals surface area contributed by atoms with E-state index < -0.39 is 0 Å². The van der Waals surface area contributed by atoms with E-state index in [2.05, 4.69) is 21.2 Å². The largest absolute Gasteiger partial charge is 0.487 e. The fourth-order valence-electron chi connectivity index (χ4n) is 2.29. The monoisotopic (exact) mass is 447 g/mol. The summed E-state index contributed by atoms with van der Waals surface area (Å²) in [5, 5.41) is 3.15. The van der Waals surface area contributed by atoms with Crippen LogP contribution in [0.1, 0.15) is 5.56 Å². The number of rotatable bonds is 7. The van der Waals surface area contributed by atoms with Crippen LogP contribution in [0.15, 0.2) is 81.0 Å². The number of benzene rings is 3. The fourth-order valence-corrected chi connectivity index (χ4v) is 3.98. The Morgan fingerprint density at radius 2 is 1.77 bits per heavy atom. The van der Waals surface area contributed by atoms with E-state index in [1.165, 1.54) is 11.8 Å². The van der Waals surface area contributed by atoms with Crippen molar-refractivity contribution in [2.75, 3.05) is 5.32 Å². The lowest BCUT2D eigenvalue weighted by molar-refractivity contribution is -0.105. The predicted octanol–water partition coefficient (Wildman–Crippen LogP) is 6.40. The van der Waals surface area contributed by atoms with E-state index in [1.807, 2.05) is 60.7 Å². The molecule has 1 N–H and O–H groups in total. The molecule has 0 saturated carbocycles. The van der Waals surface area contributed by atoms with Crippen molar-refractivity contribution in [3.8, 4) is 5.75 Å². The molecule has 0 spiro atoms. The lowest BCUT2D eigenvalue weighted by Gasteiger charge is -2.14. The first-order valence-corrected chi connectivity index (χ1v) is 9.79. The molecule has 0 aliphatic rings. The van der Waals surface area contributed by atoms with Gasteiger partial charge >= 0.3 is 0 Å². The van der Waals surface area contributed by atoms with Gasteiger partial charge in [0.05, 0.1) is 10.7 Å². The first-order chi connectivity index (χ1) is 12.7. The van der Waals surface area contributed by atoms with E-state index in [1.54, 1.807) is 6.07 Å². The van der Waals surface area contributed by atoms with Gasteiger partial charge in [-0.1, -0.05) is 65.8 Å². The lowest BCUT2D eigenvalue weighted by Crippen LogP contribution is -1.99. The molecule has 3 aromatic carbocycles. The van der Waals surface area contributed by atoms with Crippen LogP contribution >= 0.6 is 39.3 Å². The van der Waals surface area contributed by atoms with Crippen LogP contribution in [0.3, 0.4) is 0 Å². The topological polar surface area (TPSA) is 38.3 Å². The van der Waals surface area contributed by atoms with Gasteiger partial charge in [0.1, 0.15) is 12.4 Å². The van der Waals surface area contributed by atoms with Crippen LogP contribution in [0.5, 0.6) is 5.75 Å². The normalized spacial score (nSPS) is 10.4. The van der Waals surface area contributed by atoms with Gasteiger partial charge in [-0.3, -0.25) is 4.79 Å². The molecule has 0 aliphatic heterocycles. The van der Waals surface area contributed by atoms with Gasteiger partial charge in [0.15, 0.2) is 0 Å². The number of hydrogen-bond donors (Lipinski definition) is 1. The molecule has 1 amide bonds. The summed E-state index contributed by atoms with van der Waals surface area (Å²) in [7, 11) is 0. The summed E-state index contributed by atoms with van der Waals surface area (Å²) in [5.41, 5.74) is 1.69. The maximum absolute atomic E-state index is 10.9. The number of ether oxygens (including phenoxy) is 1. The molecule has 0 aromatic heterocycles. The first kappa shape index (κ1) is 18.8. The Balaban J connectivity index is 1.88. The van der Waals surface area contributed by atoms with Gasteiger partial charge in [-0.25, -0.2) is 0 Å². The summed E-state index contributed by atoms with van der Waals surface area (Å²) >= 11 is 11.4. The zero-order valence-electron chi connectivity index (χ0n) is 13.6. The zero-order valence-corrected chi connectivity index (χ0v) is 16.8. The van der Waals surface area contributed by atoms with Gasteiger partial charge in [-0.2, -0.15) is 0 Å². The Kier molecular flexibility index (Phi) is 6.61. The molecule has 132 valence electrons. The summed E-state index contributed by atoms with van der Waals surface area (Å²) < 4.78 is 6.87. The average molecular weight is 449 g/mol. The molecule has 0 radical (unpaired) electrons. The van der Waals surface area contributed by atoms with Gasteiger partial charge in [-0.15, -0.1) is 0 Å². The third-order valence-corrected chi connectivity index (χ3v) is 5.93. The van der Waals surface area contributed by atoms with Crippen LogP contribution < -0.4 is 10.1 Å². The van der Waals surface area contributed by atoms with Gasteiger partial charge < -0.3 is 10.1 Å². The Morgan fingerprint density at radius 3 is 2.50 bits per heavy atom. The summed E-state index contributed by atoms with van der Waals surface area (Å²) in [6.07, 6.45) is 0.639. The molecule has 0 unspecified atom stereocenters. The summed E-state index contributed by atoms with van der Waals surface area (Å²) in [4.78, 5) is 12.8.